The molecule has 0 atom stereocenters. The number of aromatic nitrogens is 1. The van der Waals surface area contributed by atoms with Gasteiger partial charge in [-0.3, -0.25) is 14.6 Å². The third-order valence-corrected chi connectivity index (χ3v) is 3.84. The molecule has 1 aliphatic rings. The van der Waals surface area contributed by atoms with E-state index in [0.29, 0.717) is 16.8 Å². The summed E-state index contributed by atoms with van der Waals surface area (Å²) in [5.41, 5.74) is 2.36. The number of fused-ring (bicyclic) bond motifs is 1. The number of amides is 2. The van der Waals surface area contributed by atoms with Crippen LogP contribution in [0.2, 0.25) is 0 Å². The summed E-state index contributed by atoms with van der Waals surface area (Å²) in [7, 11) is 0. The van der Waals surface area contributed by atoms with Crippen LogP contribution in [0.3, 0.4) is 0 Å². The number of imide groups is 1. The fraction of sp³-hybridized carbons (Fsp3) is 0.133. The van der Waals surface area contributed by atoms with Crippen molar-refractivity contribution in [1.29, 1.82) is 0 Å². The molecule has 100 valence electrons. The van der Waals surface area contributed by atoms with E-state index in [-0.39, 0.29) is 11.8 Å². The van der Waals surface area contributed by atoms with Gasteiger partial charge in [0.05, 0.1) is 16.8 Å². The zero-order valence-corrected chi connectivity index (χ0v) is 12.3. The molecule has 5 heteroatoms. The monoisotopic (exact) mass is 330 g/mol. The summed E-state index contributed by atoms with van der Waals surface area (Å²) < 4.78 is 0.927. The number of hydrogen-bond acceptors (Lipinski definition) is 3. The number of carbonyl (C=O) groups excluding carboxylic acids is 2. The fourth-order valence-electron chi connectivity index (χ4n) is 2.36. The van der Waals surface area contributed by atoms with Crippen molar-refractivity contribution >= 4 is 33.4 Å². The Balaban J connectivity index is 2.14. The highest BCUT2D eigenvalue weighted by atomic mass is 79.9. The van der Waals surface area contributed by atoms with Gasteiger partial charge in [-0.1, -0.05) is 22.9 Å². The van der Waals surface area contributed by atoms with E-state index in [0.717, 1.165) is 16.5 Å². The maximum atomic E-state index is 12.4. The molecule has 0 unspecified atom stereocenters. The van der Waals surface area contributed by atoms with Gasteiger partial charge in [0, 0.05) is 16.9 Å². The van der Waals surface area contributed by atoms with Crippen LogP contribution in [0.5, 0.6) is 0 Å². The standard InChI is InChI=1S/C15H11BrN2O2/c1-2-9-7-10(16)3-4-13(9)18-14(19)11-5-6-17-8-12(11)15(18)20/h3-8H,2H2,1H3. The summed E-state index contributed by atoms with van der Waals surface area (Å²) >= 11 is 3.41. The van der Waals surface area contributed by atoms with Gasteiger partial charge in [0.1, 0.15) is 0 Å². The lowest BCUT2D eigenvalue weighted by atomic mass is 10.1. The summed E-state index contributed by atoms with van der Waals surface area (Å²) in [5, 5.41) is 0. The third kappa shape index (κ3) is 1.86. The minimum Gasteiger partial charge on any atom is -0.268 e. The molecule has 1 aromatic carbocycles. The van der Waals surface area contributed by atoms with Crippen molar-refractivity contribution in [3.05, 3.63) is 57.8 Å². The van der Waals surface area contributed by atoms with Crippen molar-refractivity contribution in [2.45, 2.75) is 13.3 Å². The van der Waals surface area contributed by atoms with Crippen LogP contribution < -0.4 is 4.90 Å². The molecule has 0 fully saturated rings. The number of aryl methyl sites for hydroxylation is 1. The van der Waals surface area contributed by atoms with Gasteiger partial charge in [-0.15, -0.1) is 0 Å². The molecule has 3 rings (SSSR count). The van der Waals surface area contributed by atoms with E-state index < -0.39 is 0 Å². The third-order valence-electron chi connectivity index (χ3n) is 3.35. The predicted octanol–water partition coefficient (Wildman–Crippen LogP) is 3.21. The highest BCUT2D eigenvalue weighted by Gasteiger charge is 2.37. The number of carbonyl (C=O) groups is 2. The minimum atomic E-state index is -0.310. The van der Waals surface area contributed by atoms with E-state index in [2.05, 4.69) is 20.9 Å². The van der Waals surface area contributed by atoms with E-state index in [4.69, 9.17) is 0 Å². The van der Waals surface area contributed by atoms with Crippen molar-refractivity contribution in [3.8, 4) is 0 Å². The van der Waals surface area contributed by atoms with Crippen LogP contribution in [0.1, 0.15) is 33.2 Å². The Hall–Kier alpha value is -2.01. The van der Waals surface area contributed by atoms with Gasteiger partial charge in [0.15, 0.2) is 0 Å². The molecule has 0 bridgehead atoms. The Morgan fingerprint density at radius 3 is 2.60 bits per heavy atom. The molecule has 20 heavy (non-hydrogen) atoms. The normalized spacial score (nSPS) is 13.8. The van der Waals surface area contributed by atoms with Crippen LogP contribution in [0, 0.1) is 0 Å². The van der Waals surface area contributed by atoms with Crippen LogP contribution in [0.4, 0.5) is 5.69 Å². The molecule has 0 radical (unpaired) electrons. The fourth-order valence-corrected chi connectivity index (χ4v) is 2.77. The van der Waals surface area contributed by atoms with Gasteiger partial charge in [0.2, 0.25) is 0 Å². The first-order valence-corrected chi connectivity index (χ1v) is 7.04. The average Bonchev–Trinajstić information content (AvgIpc) is 2.72. The first-order chi connectivity index (χ1) is 9.63. The molecule has 1 aliphatic heterocycles. The maximum absolute atomic E-state index is 12.4. The molecule has 0 spiro atoms. The molecular weight excluding hydrogens is 320 g/mol. The second kappa shape index (κ2) is 4.83. The Morgan fingerprint density at radius 1 is 1.15 bits per heavy atom. The number of anilines is 1. The number of pyridine rings is 1. The second-order valence-electron chi connectivity index (χ2n) is 4.49. The lowest BCUT2D eigenvalue weighted by Crippen LogP contribution is -2.30. The van der Waals surface area contributed by atoms with Gasteiger partial charge in [-0.2, -0.15) is 0 Å². The van der Waals surface area contributed by atoms with Crippen LogP contribution in [-0.2, 0) is 6.42 Å². The predicted molar refractivity (Wildman–Crippen MR) is 78.9 cm³/mol. The lowest BCUT2D eigenvalue weighted by Gasteiger charge is -2.17. The largest absolute Gasteiger partial charge is 0.268 e. The van der Waals surface area contributed by atoms with Crippen LogP contribution in [-0.4, -0.2) is 16.8 Å². The van der Waals surface area contributed by atoms with Crippen molar-refractivity contribution < 1.29 is 9.59 Å². The molecular formula is C15H11BrN2O2. The van der Waals surface area contributed by atoms with E-state index in [1.807, 2.05) is 19.1 Å². The van der Waals surface area contributed by atoms with Crippen LogP contribution >= 0.6 is 15.9 Å². The average molecular weight is 331 g/mol. The number of rotatable bonds is 2. The van der Waals surface area contributed by atoms with Crippen molar-refractivity contribution in [1.82, 2.24) is 4.98 Å². The summed E-state index contributed by atoms with van der Waals surface area (Å²) in [5.74, 6) is -0.598. The Labute approximate surface area is 124 Å². The van der Waals surface area contributed by atoms with Crippen molar-refractivity contribution in [2.75, 3.05) is 4.90 Å². The highest BCUT2D eigenvalue weighted by Crippen LogP contribution is 2.32. The summed E-state index contributed by atoms with van der Waals surface area (Å²) in [6.07, 6.45) is 3.70. The Morgan fingerprint density at radius 2 is 1.90 bits per heavy atom. The van der Waals surface area contributed by atoms with Gasteiger partial charge >= 0.3 is 0 Å². The molecule has 0 aliphatic carbocycles. The maximum Gasteiger partial charge on any atom is 0.267 e. The molecule has 0 saturated heterocycles. The Bertz CT molecular complexity index is 693. The van der Waals surface area contributed by atoms with Gasteiger partial charge in [0.25, 0.3) is 11.8 Å². The van der Waals surface area contributed by atoms with Crippen LogP contribution in [0.15, 0.2) is 41.1 Å². The molecule has 1 aromatic heterocycles. The number of halogens is 1. The van der Waals surface area contributed by atoms with Gasteiger partial charge in [-0.05, 0) is 36.2 Å². The zero-order chi connectivity index (χ0) is 14.3. The minimum absolute atomic E-state index is 0.288. The molecule has 0 N–H and O–H groups in total. The first kappa shape index (κ1) is 13.0. The van der Waals surface area contributed by atoms with E-state index in [9.17, 15) is 9.59 Å². The summed E-state index contributed by atoms with van der Waals surface area (Å²) in [6, 6.07) is 7.13. The van der Waals surface area contributed by atoms with Crippen molar-refractivity contribution in [3.63, 3.8) is 0 Å². The molecule has 2 heterocycles. The molecule has 2 amide bonds. The van der Waals surface area contributed by atoms with E-state index in [1.165, 1.54) is 17.3 Å². The number of hydrogen-bond donors (Lipinski definition) is 0. The molecule has 4 nitrogen and oxygen atoms in total. The Kier molecular flexibility index (Phi) is 3.14. The van der Waals surface area contributed by atoms with Gasteiger partial charge in [-0.25, -0.2) is 4.90 Å². The van der Waals surface area contributed by atoms with Gasteiger partial charge < -0.3 is 0 Å². The number of benzene rings is 1. The summed E-state index contributed by atoms with van der Waals surface area (Å²) in [4.78, 5) is 30.0. The SMILES string of the molecule is CCc1cc(Br)ccc1N1C(=O)c2ccncc2C1=O. The quantitative estimate of drug-likeness (QED) is 0.794. The first-order valence-electron chi connectivity index (χ1n) is 6.24. The molecule has 0 saturated carbocycles. The lowest BCUT2D eigenvalue weighted by molar-refractivity contribution is 0.0926. The smallest absolute Gasteiger partial charge is 0.267 e. The van der Waals surface area contributed by atoms with E-state index in [1.54, 1.807) is 12.1 Å². The second-order valence-corrected chi connectivity index (χ2v) is 5.41. The zero-order valence-electron chi connectivity index (χ0n) is 10.8. The topological polar surface area (TPSA) is 50.3 Å². The highest BCUT2D eigenvalue weighted by molar-refractivity contribution is 9.10. The number of nitrogens with zero attached hydrogens (tertiary/aromatic N) is 2. The van der Waals surface area contributed by atoms with Crippen LogP contribution in [0.25, 0.3) is 0 Å². The molecule has 2 aromatic rings. The van der Waals surface area contributed by atoms with Crippen molar-refractivity contribution in [2.24, 2.45) is 0 Å². The summed E-state index contributed by atoms with van der Waals surface area (Å²) in [6.45, 7) is 1.99. The van der Waals surface area contributed by atoms with E-state index >= 15 is 0 Å².